The van der Waals surface area contributed by atoms with Crippen LogP contribution in [0.3, 0.4) is 0 Å². The van der Waals surface area contributed by atoms with E-state index in [-0.39, 0.29) is 11.9 Å². The number of fused-ring (bicyclic) bond motifs is 1. The van der Waals surface area contributed by atoms with E-state index in [1.54, 1.807) is 0 Å². The van der Waals surface area contributed by atoms with Gasteiger partial charge in [0, 0.05) is 23.3 Å². The summed E-state index contributed by atoms with van der Waals surface area (Å²) in [6.07, 6.45) is 3.68. The normalized spacial score (nSPS) is 14.9. The van der Waals surface area contributed by atoms with Gasteiger partial charge in [0.15, 0.2) is 5.16 Å². The number of carbonyl (C=O) groups excluding carboxylic acids is 1. The number of amides is 1. The Kier molecular flexibility index (Phi) is 6.75. The van der Waals surface area contributed by atoms with Gasteiger partial charge in [0.1, 0.15) is 0 Å². The van der Waals surface area contributed by atoms with Crippen LogP contribution >= 0.6 is 23.4 Å². The van der Waals surface area contributed by atoms with E-state index in [1.807, 2.05) is 59.6 Å². The summed E-state index contributed by atoms with van der Waals surface area (Å²) in [4.78, 5) is 19.9. The van der Waals surface area contributed by atoms with E-state index < -0.39 is 0 Å². The van der Waals surface area contributed by atoms with E-state index in [2.05, 4.69) is 41.8 Å². The van der Waals surface area contributed by atoms with Gasteiger partial charge < -0.3 is 9.47 Å². The number of hydrogen-bond donors (Lipinski definition) is 0. The summed E-state index contributed by atoms with van der Waals surface area (Å²) in [6.45, 7) is 2.89. The summed E-state index contributed by atoms with van der Waals surface area (Å²) < 4.78 is 2.22. The highest BCUT2D eigenvalue weighted by atomic mass is 35.5. The van der Waals surface area contributed by atoms with Gasteiger partial charge in [0.2, 0.25) is 5.91 Å². The van der Waals surface area contributed by atoms with Crippen molar-refractivity contribution >= 4 is 35.0 Å². The molecule has 1 aliphatic rings. The number of rotatable bonds is 7. The lowest BCUT2D eigenvalue weighted by atomic mass is 10.1. The zero-order valence-electron chi connectivity index (χ0n) is 19.0. The predicted octanol–water partition coefficient (Wildman–Crippen LogP) is 6.52. The molecule has 0 N–H and O–H groups in total. The zero-order chi connectivity index (χ0) is 23.5. The molecule has 0 fully saturated rings. The van der Waals surface area contributed by atoms with Crippen LogP contribution in [-0.4, -0.2) is 27.3 Å². The molecular formula is C28H26ClN3OS. The van der Waals surface area contributed by atoms with Crippen LogP contribution in [0.4, 0.5) is 5.69 Å². The number of aryl methyl sites for hydroxylation is 1. The van der Waals surface area contributed by atoms with Gasteiger partial charge in [-0.15, -0.1) is 0 Å². The van der Waals surface area contributed by atoms with Crippen molar-refractivity contribution < 1.29 is 4.79 Å². The Hall–Kier alpha value is -3.02. The molecule has 0 radical (unpaired) electrons. The van der Waals surface area contributed by atoms with Gasteiger partial charge in [-0.25, -0.2) is 4.98 Å². The van der Waals surface area contributed by atoms with Gasteiger partial charge in [-0.3, -0.25) is 4.79 Å². The fourth-order valence-electron chi connectivity index (χ4n) is 4.57. The lowest BCUT2D eigenvalue weighted by Crippen LogP contribution is -2.37. The van der Waals surface area contributed by atoms with Crippen molar-refractivity contribution in [2.45, 2.75) is 37.5 Å². The number of anilines is 1. The molecule has 5 rings (SSSR count). The molecule has 4 nitrogen and oxygen atoms in total. The van der Waals surface area contributed by atoms with Crippen molar-refractivity contribution in [3.8, 4) is 11.3 Å². The van der Waals surface area contributed by atoms with Gasteiger partial charge in [-0.2, -0.15) is 0 Å². The summed E-state index contributed by atoms with van der Waals surface area (Å²) >= 11 is 7.62. The van der Waals surface area contributed by atoms with Crippen LogP contribution in [0, 0.1) is 0 Å². The number of halogens is 1. The van der Waals surface area contributed by atoms with E-state index >= 15 is 0 Å². The smallest absolute Gasteiger partial charge is 0.237 e. The Morgan fingerprint density at radius 1 is 1.03 bits per heavy atom. The molecule has 2 heterocycles. The molecule has 1 aliphatic heterocycles. The highest BCUT2D eigenvalue weighted by Gasteiger charge is 2.30. The number of carbonyl (C=O) groups is 1. The average molecular weight is 488 g/mol. The van der Waals surface area contributed by atoms with Gasteiger partial charge >= 0.3 is 0 Å². The monoisotopic (exact) mass is 487 g/mol. The van der Waals surface area contributed by atoms with Crippen molar-refractivity contribution in [3.05, 3.63) is 101 Å². The molecule has 0 aliphatic carbocycles. The lowest BCUT2D eigenvalue weighted by molar-refractivity contribution is -0.116. The van der Waals surface area contributed by atoms with Gasteiger partial charge in [-0.05, 0) is 54.7 Å². The standard InChI is InChI=1S/C28H26ClN3OS/c1-20-17-23-9-5-6-10-25(23)32(20)27(33)19-34-28-30-18-26(22-11-13-24(29)14-12-22)31(28)16-15-21-7-3-2-4-8-21/h2-14,18,20H,15-17,19H2,1H3/t20-/m0/s1. The first kappa shape index (κ1) is 22.8. The highest BCUT2D eigenvalue weighted by molar-refractivity contribution is 7.99. The first-order valence-corrected chi connectivity index (χ1v) is 12.8. The second kappa shape index (κ2) is 10.1. The Labute approximate surface area is 209 Å². The van der Waals surface area contributed by atoms with Crippen LogP contribution in [0.5, 0.6) is 0 Å². The molecule has 0 unspecified atom stereocenters. The zero-order valence-corrected chi connectivity index (χ0v) is 20.6. The van der Waals surface area contributed by atoms with Crippen molar-refractivity contribution in [3.63, 3.8) is 0 Å². The summed E-state index contributed by atoms with van der Waals surface area (Å²) in [7, 11) is 0. The number of aromatic nitrogens is 2. The van der Waals surface area contributed by atoms with Crippen LogP contribution in [0.2, 0.25) is 5.02 Å². The van der Waals surface area contributed by atoms with E-state index in [1.165, 1.54) is 22.9 Å². The van der Waals surface area contributed by atoms with E-state index in [0.717, 1.165) is 41.5 Å². The fraction of sp³-hybridized carbons (Fsp3) is 0.214. The Morgan fingerprint density at radius 3 is 2.56 bits per heavy atom. The first-order valence-electron chi connectivity index (χ1n) is 11.5. The Bertz CT molecular complexity index is 1290. The van der Waals surface area contributed by atoms with Crippen molar-refractivity contribution in [2.24, 2.45) is 0 Å². The summed E-state index contributed by atoms with van der Waals surface area (Å²) in [5, 5.41) is 1.56. The number of hydrogen-bond acceptors (Lipinski definition) is 3. The molecular weight excluding hydrogens is 462 g/mol. The number of thioether (sulfide) groups is 1. The average Bonchev–Trinajstić information content (AvgIpc) is 3.42. The van der Waals surface area contributed by atoms with Crippen LogP contribution in [0.25, 0.3) is 11.3 Å². The van der Waals surface area contributed by atoms with Crippen molar-refractivity contribution in [1.29, 1.82) is 0 Å². The minimum absolute atomic E-state index is 0.119. The molecule has 1 atom stereocenters. The van der Waals surface area contributed by atoms with Crippen LogP contribution in [-0.2, 0) is 24.2 Å². The van der Waals surface area contributed by atoms with Crippen LogP contribution in [0.15, 0.2) is 90.2 Å². The quantitative estimate of drug-likeness (QED) is 0.279. The molecule has 1 amide bonds. The Balaban J connectivity index is 1.37. The molecule has 3 aromatic carbocycles. The number of imidazole rings is 1. The predicted molar refractivity (Wildman–Crippen MR) is 141 cm³/mol. The second-order valence-corrected chi connectivity index (χ2v) is 9.93. The minimum atomic E-state index is 0.119. The lowest BCUT2D eigenvalue weighted by Gasteiger charge is -2.22. The SMILES string of the molecule is C[C@H]1Cc2ccccc2N1C(=O)CSc1ncc(-c2ccc(Cl)cc2)n1CCc1ccccc1. The third-order valence-corrected chi connectivity index (χ3v) is 7.45. The molecule has 172 valence electrons. The minimum Gasteiger partial charge on any atom is -0.319 e. The number of nitrogens with zero attached hydrogens (tertiary/aromatic N) is 3. The molecule has 0 spiro atoms. The highest BCUT2D eigenvalue weighted by Crippen LogP contribution is 2.33. The van der Waals surface area contributed by atoms with E-state index in [0.29, 0.717) is 10.8 Å². The first-order chi connectivity index (χ1) is 16.6. The molecule has 34 heavy (non-hydrogen) atoms. The number of para-hydroxylation sites is 1. The topological polar surface area (TPSA) is 38.1 Å². The largest absolute Gasteiger partial charge is 0.319 e. The van der Waals surface area contributed by atoms with E-state index in [9.17, 15) is 4.79 Å². The van der Waals surface area contributed by atoms with E-state index in [4.69, 9.17) is 16.6 Å². The van der Waals surface area contributed by atoms with Gasteiger partial charge in [-0.1, -0.05) is 84.0 Å². The third kappa shape index (κ3) is 4.77. The molecule has 1 aromatic heterocycles. The van der Waals surface area contributed by atoms with Gasteiger partial charge in [0.25, 0.3) is 0 Å². The second-order valence-electron chi connectivity index (χ2n) is 8.55. The van der Waals surface area contributed by atoms with Crippen LogP contribution in [0.1, 0.15) is 18.1 Å². The van der Waals surface area contributed by atoms with Crippen LogP contribution < -0.4 is 4.90 Å². The molecule has 0 saturated heterocycles. The molecule has 6 heteroatoms. The summed E-state index contributed by atoms with van der Waals surface area (Å²) in [6, 6.07) is 26.6. The molecule has 0 bridgehead atoms. The summed E-state index contributed by atoms with van der Waals surface area (Å²) in [5.74, 6) is 0.467. The maximum Gasteiger partial charge on any atom is 0.237 e. The third-order valence-electron chi connectivity index (χ3n) is 6.23. The maximum absolute atomic E-state index is 13.3. The summed E-state index contributed by atoms with van der Waals surface area (Å²) in [5.41, 5.74) is 5.64. The molecule has 0 saturated carbocycles. The Morgan fingerprint density at radius 2 is 1.76 bits per heavy atom. The number of benzene rings is 3. The van der Waals surface area contributed by atoms with Gasteiger partial charge in [0.05, 0.1) is 17.6 Å². The van der Waals surface area contributed by atoms with Crippen molar-refractivity contribution in [1.82, 2.24) is 9.55 Å². The maximum atomic E-state index is 13.3. The fourth-order valence-corrected chi connectivity index (χ4v) is 5.56. The van der Waals surface area contributed by atoms with Crippen molar-refractivity contribution in [2.75, 3.05) is 10.7 Å². The molecule has 4 aromatic rings.